The quantitative estimate of drug-likeness (QED) is 0.627. The second-order valence-corrected chi connectivity index (χ2v) is 9.05. The highest BCUT2D eigenvalue weighted by Gasteiger charge is 2.41. The molecule has 0 saturated carbocycles. The molecule has 4 rings (SSSR count). The lowest BCUT2D eigenvalue weighted by Crippen LogP contribution is -2.34. The number of fused-ring (bicyclic) bond motifs is 2. The molecule has 0 saturated heterocycles. The number of hydrogen-bond acceptors (Lipinski definition) is 3. The monoisotopic (exact) mass is 372 g/mol. The molecule has 0 N–H and O–H groups in total. The van der Waals surface area contributed by atoms with Crippen LogP contribution in [0.4, 0.5) is 5.69 Å². The van der Waals surface area contributed by atoms with E-state index in [0.717, 1.165) is 11.3 Å². The van der Waals surface area contributed by atoms with Crippen molar-refractivity contribution in [2.45, 2.75) is 24.2 Å². The van der Waals surface area contributed by atoms with Crippen LogP contribution >= 0.6 is 11.6 Å². The van der Waals surface area contributed by atoms with Crippen molar-refractivity contribution in [1.82, 2.24) is 4.98 Å². The molecule has 0 spiro atoms. The molecule has 0 atom stereocenters. The van der Waals surface area contributed by atoms with E-state index in [1.165, 1.54) is 10.5 Å². The summed E-state index contributed by atoms with van der Waals surface area (Å²) in [4.78, 5) is 4.30. The third kappa shape index (κ3) is 2.41. The van der Waals surface area contributed by atoms with Crippen molar-refractivity contribution in [1.29, 1.82) is 0 Å². The van der Waals surface area contributed by atoms with E-state index in [-0.39, 0.29) is 10.3 Å². The van der Waals surface area contributed by atoms with E-state index in [1.54, 1.807) is 24.3 Å². The minimum atomic E-state index is -3.72. The summed E-state index contributed by atoms with van der Waals surface area (Å²) >= 11 is 6.15. The van der Waals surface area contributed by atoms with E-state index in [1.807, 2.05) is 24.3 Å². The Bertz CT molecular complexity index is 1090. The van der Waals surface area contributed by atoms with Gasteiger partial charge in [-0.2, -0.15) is 0 Å². The van der Waals surface area contributed by atoms with Crippen molar-refractivity contribution in [3.8, 4) is 0 Å². The maximum Gasteiger partial charge on any atom is 0.264 e. The predicted molar refractivity (Wildman–Crippen MR) is 101 cm³/mol. The van der Waals surface area contributed by atoms with E-state index < -0.39 is 10.0 Å². The number of benzene rings is 2. The van der Waals surface area contributed by atoms with Gasteiger partial charge in [0.15, 0.2) is 0 Å². The highest BCUT2D eigenvalue weighted by Crippen LogP contribution is 2.43. The van der Waals surface area contributed by atoms with Crippen LogP contribution in [0.1, 0.15) is 19.4 Å². The van der Waals surface area contributed by atoms with Gasteiger partial charge in [-0.15, -0.1) is 0 Å². The molecule has 0 amide bonds. The molecule has 0 radical (unpaired) electrons. The van der Waals surface area contributed by atoms with Crippen molar-refractivity contribution in [3.05, 3.63) is 65.4 Å². The molecule has 128 valence electrons. The van der Waals surface area contributed by atoms with Crippen LogP contribution < -0.4 is 4.31 Å². The van der Waals surface area contributed by atoms with E-state index in [4.69, 9.17) is 11.6 Å². The van der Waals surface area contributed by atoms with Gasteiger partial charge < -0.3 is 0 Å². The minimum absolute atomic E-state index is 0.243. The highest BCUT2D eigenvalue weighted by molar-refractivity contribution is 7.93. The molecular weight excluding hydrogens is 356 g/mol. The molecule has 1 aliphatic heterocycles. The van der Waals surface area contributed by atoms with E-state index in [9.17, 15) is 8.42 Å². The van der Waals surface area contributed by atoms with Gasteiger partial charge in [0.2, 0.25) is 0 Å². The maximum absolute atomic E-state index is 13.5. The van der Waals surface area contributed by atoms with Crippen LogP contribution in [0.25, 0.3) is 10.8 Å². The largest absolute Gasteiger partial charge is 0.265 e. The second kappa shape index (κ2) is 5.44. The van der Waals surface area contributed by atoms with Crippen LogP contribution in [0.2, 0.25) is 5.15 Å². The number of aromatic nitrogens is 1. The topological polar surface area (TPSA) is 50.3 Å². The van der Waals surface area contributed by atoms with Gasteiger partial charge >= 0.3 is 0 Å². The number of anilines is 1. The van der Waals surface area contributed by atoms with E-state index in [2.05, 4.69) is 18.8 Å². The van der Waals surface area contributed by atoms with E-state index >= 15 is 0 Å². The summed E-state index contributed by atoms with van der Waals surface area (Å²) in [5.41, 5.74) is 1.54. The summed E-state index contributed by atoms with van der Waals surface area (Å²) in [6, 6.07) is 14.5. The Labute approximate surface area is 152 Å². The molecule has 2 aromatic carbocycles. The first kappa shape index (κ1) is 16.4. The Morgan fingerprint density at radius 3 is 2.60 bits per heavy atom. The van der Waals surface area contributed by atoms with Crippen LogP contribution in [0.3, 0.4) is 0 Å². The average Bonchev–Trinajstić information content (AvgIpc) is 2.87. The number of halogens is 1. The minimum Gasteiger partial charge on any atom is -0.265 e. The first-order valence-corrected chi connectivity index (χ1v) is 9.80. The van der Waals surface area contributed by atoms with Gasteiger partial charge in [-0.05, 0) is 23.8 Å². The third-order valence-corrected chi connectivity index (χ3v) is 6.85. The smallest absolute Gasteiger partial charge is 0.264 e. The van der Waals surface area contributed by atoms with Gasteiger partial charge in [0.25, 0.3) is 10.0 Å². The van der Waals surface area contributed by atoms with Crippen molar-refractivity contribution in [2.75, 3.05) is 10.8 Å². The number of hydrogen-bond donors (Lipinski definition) is 0. The molecule has 25 heavy (non-hydrogen) atoms. The lowest BCUT2D eigenvalue weighted by molar-refractivity contribution is 0.555. The summed E-state index contributed by atoms with van der Waals surface area (Å²) in [6.07, 6.45) is 1.53. The van der Waals surface area contributed by atoms with Gasteiger partial charge in [0.1, 0.15) is 5.15 Å². The first-order valence-electron chi connectivity index (χ1n) is 7.98. The van der Waals surface area contributed by atoms with Crippen LogP contribution in [-0.2, 0) is 15.4 Å². The molecular formula is C19H17ClN2O2S. The number of nitrogens with zero attached hydrogens (tertiary/aromatic N) is 2. The maximum atomic E-state index is 13.5. The zero-order valence-corrected chi connectivity index (χ0v) is 15.5. The molecule has 0 fully saturated rings. The SMILES string of the molecule is CC1(C)CN(S(=O)(=O)c2cccc3c(Cl)nccc23)c2ccccc21. The number of para-hydroxylation sites is 1. The van der Waals surface area contributed by atoms with Gasteiger partial charge in [0.05, 0.1) is 10.6 Å². The molecule has 2 heterocycles. The Balaban J connectivity index is 1.95. The zero-order valence-electron chi connectivity index (χ0n) is 13.9. The van der Waals surface area contributed by atoms with Crippen LogP contribution in [-0.4, -0.2) is 19.9 Å². The molecule has 0 bridgehead atoms. The Kier molecular flexibility index (Phi) is 3.56. The number of pyridine rings is 1. The van der Waals surface area contributed by atoms with Crippen molar-refractivity contribution < 1.29 is 8.42 Å². The lowest BCUT2D eigenvalue weighted by Gasteiger charge is -2.23. The Morgan fingerprint density at radius 2 is 1.80 bits per heavy atom. The molecule has 6 heteroatoms. The fourth-order valence-corrected chi connectivity index (χ4v) is 5.57. The highest BCUT2D eigenvalue weighted by atomic mass is 35.5. The summed E-state index contributed by atoms with van der Waals surface area (Å²) in [5.74, 6) is 0. The Morgan fingerprint density at radius 1 is 1.04 bits per heavy atom. The first-order chi connectivity index (χ1) is 11.8. The molecule has 3 aromatic rings. The van der Waals surface area contributed by atoms with Gasteiger partial charge in [-0.25, -0.2) is 13.4 Å². The number of sulfonamides is 1. The molecule has 0 aliphatic carbocycles. The van der Waals surface area contributed by atoms with Crippen molar-refractivity contribution in [2.24, 2.45) is 0 Å². The average molecular weight is 373 g/mol. The molecule has 1 aliphatic rings. The van der Waals surface area contributed by atoms with E-state index in [0.29, 0.717) is 22.5 Å². The fraction of sp³-hybridized carbons (Fsp3) is 0.211. The Hall–Kier alpha value is -2.11. The molecule has 4 nitrogen and oxygen atoms in total. The fourth-order valence-electron chi connectivity index (χ4n) is 3.49. The molecule has 0 unspecified atom stereocenters. The summed E-state index contributed by atoms with van der Waals surface area (Å²) in [6.45, 7) is 4.53. The summed E-state index contributed by atoms with van der Waals surface area (Å²) in [7, 11) is -3.72. The summed E-state index contributed by atoms with van der Waals surface area (Å²) < 4.78 is 28.5. The van der Waals surface area contributed by atoms with Gasteiger partial charge in [-0.1, -0.05) is 55.8 Å². The van der Waals surface area contributed by atoms with Crippen LogP contribution in [0.15, 0.2) is 59.6 Å². The standard InChI is InChI=1S/C19H17ClN2O2S/c1-19(2)12-22(16-8-4-3-7-15(16)19)25(23,24)17-9-5-6-14-13(17)10-11-21-18(14)20/h3-11H,12H2,1-2H3. The van der Waals surface area contributed by atoms with Crippen molar-refractivity contribution in [3.63, 3.8) is 0 Å². The molecule has 1 aromatic heterocycles. The van der Waals surface area contributed by atoms with Crippen LogP contribution in [0, 0.1) is 0 Å². The third-order valence-electron chi connectivity index (χ3n) is 4.73. The summed E-state index contributed by atoms with van der Waals surface area (Å²) in [5, 5.41) is 1.53. The zero-order chi connectivity index (χ0) is 17.8. The van der Waals surface area contributed by atoms with Gasteiger partial charge in [-0.3, -0.25) is 4.31 Å². The second-order valence-electron chi connectivity index (χ2n) is 6.87. The lowest BCUT2D eigenvalue weighted by atomic mass is 9.87. The van der Waals surface area contributed by atoms with Crippen molar-refractivity contribution >= 4 is 38.1 Å². The predicted octanol–water partition coefficient (Wildman–Crippen LogP) is 4.37. The van der Waals surface area contributed by atoms with Crippen LogP contribution in [0.5, 0.6) is 0 Å². The normalized spacial score (nSPS) is 16.2. The van der Waals surface area contributed by atoms with Gasteiger partial charge in [0, 0.05) is 28.9 Å². The number of rotatable bonds is 2.